The molecule has 1 atom stereocenters. The number of aromatic nitrogens is 4. The van der Waals surface area contributed by atoms with Gasteiger partial charge in [0.15, 0.2) is 0 Å². The van der Waals surface area contributed by atoms with Gasteiger partial charge in [0.05, 0.1) is 13.1 Å². The van der Waals surface area contributed by atoms with Crippen molar-refractivity contribution in [3.63, 3.8) is 0 Å². The second-order valence-corrected chi connectivity index (χ2v) is 6.30. The molecule has 4 rings (SSSR count). The first-order chi connectivity index (χ1) is 10.9. The highest BCUT2D eigenvalue weighted by Gasteiger charge is 2.26. The van der Waals surface area contributed by atoms with Gasteiger partial charge in [-0.25, -0.2) is 0 Å². The van der Waals surface area contributed by atoms with E-state index in [0.29, 0.717) is 24.3 Å². The second kappa shape index (κ2) is 6.02. The quantitative estimate of drug-likeness (QED) is 0.724. The molecule has 4 heterocycles. The van der Waals surface area contributed by atoms with E-state index in [-0.39, 0.29) is 0 Å². The zero-order valence-electron chi connectivity index (χ0n) is 12.1. The molecule has 1 aliphatic heterocycles. The van der Waals surface area contributed by atoms with Gasteiger partial charge in [-0.1, -0.05) is 5.16 Å². The monoisotopic (exact) mass is 315 g/mol. The summed E-state index contributed by atoms with van der Waals surface area (Å²) in [7, 11) is 0. The molecule has 1 saturated heterocycles. The van der Waals surface area contributed by atoms with Crippen LogP contribution in [0.5, 0.6) is 0 Å². The summed E-state index contributed by atoms with van der Waals surface area (Å²) in [5, 5.41) is 12.4. The molecular weight excluding hydrogens is 298 g/mol. The zero-order chi connectivity index (χ0) is 14.8. The fourth-order valence-corrected chi connectivity index (χ4v) is 3.57. The minimum absolute atomic E-state index is 0.483. The average molecular weight is 315 g/mol. The first-order valence-electron chi connectivity index (χ1n) is 7.45. The number of rotatable bonds is 5. The van der Waals surface area contributed by atoms with Crippen LogP contribution in [0.15, 0.2) is 39.8 Å². The fraction of sp³-hybridized carbons (Fsp3) is 0.400. The normalized spacial score (nSPS) is 19.0. The van der Waals surface area contributed by atoms with Gasteiger partial charge in [-0.15, -0.1) is 0 Å². The van der Waals surface area contributed by atoms with Gasteiger partial charge in [-0.3, -0.25) is 9.58 Å². The molecule has 3 aromatic rings. The summed E-state index contributed by atoms with van der Waals surface area (Å²) in [5.74, 6) is 1.37. The summed E-state index contributed by atoms with van der Waals surface area (Å²) in [6, 6.07) is 4.46. The van der Waals surface area contributed by atoms with E-state index >= 15 is 0 Å². The van der Waals surface area contributed by atoms with E-state index in [0.717, 1.165) is 18.7 Å². The topological polar surface area (TPSA) is 60.0 Å². The van der Waals surface area contributed by atoms with Crippen LogP contribution in [0.2, 0.25) is 0 Å². The number of hydrogen-bond acceptors (Lipinski definition) is 6. The lowest BCUT2D eigenvalue weighted by atomic mass is 10.2. The maximum absolute atomic E-state index is 5.41. The SMILES string of the molecule is c1cnn(C[C@@H]2CCCN2Cc2nc(-c3ccsc3)no2)c1. The van der Waals surface area contributed by atoms with E-state index in [1.165, 1.54) is 12.8 Å². The Hall–Kier alpha value is -1.99. The second-order valence-electron chi connectivity index (χ2n) is 5.52. The van der Waals surface area contributed by atoms with Crippen molar-refractivity contribution >= 4 is 11.3 Å². The van der Waals surface area contributed by atoms with E-state index in [2.05, 4.69) is 20.1 Å². The first-order valence-corrected chi connectivity index (χ1v) is 8.39. The molecule has 1 aliphatic rings. The molecule has 6 nitrogen and oxygen atoms in total. The Kier molecular flexibility index (Phi) is 3.74. The van der Waals surface area contributed by atoms with Crippen molar-refractivity contribution in [2.75, 3.05) is 6.54 Å². The number of nitrogens with zero attached hydrogens (tertiary/aromatic N) is 5. The maximum Gasteiger partial charge on any atom is 0.241 e. The summed E-state index contributed by atoms with van der Waals surface area (Å²) in [4.78, 5) is 6.92. The summed E-state index contributed by atoms with van der Waals surface area (Å²) < 4.78 is 7.41. The van der Waals surface area contributed by atoms with E-state index in [9.17, 15) is 0 Å². The van der Waals surface area contributed by atoms with Gasteiger partial charge < -0.3 is 4.52 Å². The highest BCUT2D eigenvalue weighted by molar-refractivity contribution is 7.08. The van der Waals surface area contributed by atoms with E-state index in [1.807, 2.05) is 40.0 Å². The van der Waals surface area contributed by atoms with E-state index < -0.39 is 0 Å². The molecule has 0 N–H and O–H groups in total. The lowest BCUT2D eigenvalue weighted by molar-refractivity contribution is 0.192. The largest absolute Gasteiger partial charge is 0.338 e. The Bertz CT molecular complexity index is 706. The predicted octanol–water partition coefficient (Wildman–Crippen LogP) is 2.66. The van der Waals surface area contributed by atoms with Gasteiger partial charge in [0.1, 0.15) is 0 Å². The molecular formula is C15H17N5OS. The molecule has 1 fully saturated rings. The Morgan fingerprint density at radius 1 is 1.41 bits per heavy atom. The molecule has 0 aliphatic carbocycles. The van der Waals surface area contributed by atoms with Gasteiger partial charge >= 0.3 is 0 Å². The Morgan fingerprint density at radius 2 is 2.41 bits per heavy atom. The number of hydrogen-bond donors (Lipinski definition) is 0. The first kappa shape index (κ1) is 13.7. The third-order valence-corrected chi connectivity index (χ3v) is 4.73. The lowest BCUT2D eigenvalue weighted by Crippen LogP contribution is -2.32. The van der Waals surface area contributed by atoms with Crippen molar-refractivity contribution in [2.24, 2.45) is 0 Å². The Labute approximate surface area is 132 Å². The molecule has 7 heteroatoms. The molecule has 22 heavy (non-hydrogen) atoms. The number of likely N-dealkylation sites (tertiary alicyclic amines) is 1. The molecule has 114 valence electrons. The summed E-state index contributed by atoms with van der Waals surface area (Å²) in [6.07, 6.45) is 6.23. The molecule has 3 aromatic heterocycles. The van der Waals surface area contributed by atoms with Crippen LogP contribution in [-0.4, -0.2) is 37.4 Å². The molecule has 0 bridgehead atoms. The van der Waals surface area contributed by atoms with Gasteiger partial charge in [0.25, 0.3) is 0 Å². The van der Waals surface area contributed by atoms with Crippen LogP contribution < -0.4 is 0 Å². The fourth-order valence-electron chi connectivity index (χ4n) is 2.94. The predicted molar refractivity (Wildman–Crippen MR) is 83.3 cm³/mol. The maximum atomic E-state index is 5.41. The molecule has 0 saturated carbocycles. The number of thiophene rings is 1. The van der Waals surface area contributed by atoms with Crippen molar-refractivity contribution in [1.82, 2.24) is 24.8 Å². The zero-order valence-corrected chi connectivity index (χ0v) is 12.9. The summed E-state index contributed by atoms with van der Waals surface area (Å²) >= 11 is 1.64. The van der Waals surface area contributed by atoms with Gasteiger partial charge in [-0.05, 0) is 36.9 Å². The Morgan fingerprint density at radius 3 is 3.23 bits per heavy atom. The van der Waals surface area contributed by atoms with Crippen molar-refractivity contribution in [2.45, 2.75) is 32.0 Å². The third kappa shape index (κ3) is 2.82. The molecule has 0 amide bonds. The van der Waals surface area contributed by atoms with Crippen molar-refractivity contribution in [3.05, 3.63) is 41.2 Å². The van der Waals surface area contributed by atoms with Gasteiger partial charge in [0, 0.05) is 29.4 Å². The highest BCUT2D eigenvalue weighted by Crippen LogP contribution is 2.23. The van der Waals surface area contributed by atoms with Crippen LogP contribution >= 0.6 is 11.3 Å². The molecule has 0 spiro atoms. The van der Waals surface area contributed by atoms with E-state index in [1.54, 1.807) is 11.3 Å². The smallest absolute Gasteiger partial charge is 0.241 e. The minimum Gasteiger partial charge on any atom is -0.338 e. The van der Waals surface area contributed by atoms with Crippen molar-refractivity contribution in [1.29, 1.82) is 0 Å². The van der Waals surface area contributed by atoms with Gasteiger partial charge in [-0.2, -0.15) is 21.4 Å². The Balaban J connectivity index is 1.44. The van der Waals surface area contributed by atoms with Crippen LogP contribution in [0, 0.1) is 0 Å². The van der Waals surface area contributed by atoms with Crippen LogP contribution in [0.3, 0.4) is 0 Å². The van der Waals surface area contributed by atoms with E-state index in [4.69, 9.17) is 4.52 Å². The summed E-state index contributed by atoms with van der Waals surface area (Å²) in [6.45, 7) is 2.70. The third-order valence-electron chi connectivity index (χ3n) is 4.04. The average Bonchev–Trinajstić information content (AvgIpc) is 3.28. The van der Waals surface area contributed by atoms with Crippen molar-refractivity contribution in [3.8, 4) is 11.4 Å². The molecule has 0 aromatic carbocycles. The van der Waals surface area contributed by atoms with Crippen LogP contribution in [0.4, 0.5) is 0 Å². The van der Waals surface area contributed by atoms with Gasteiger partial charge in [0.2, 0.25) is 11.7 Å². The standard InChI is InChI=1S/C15H17N5OS/c1-3-13(9-20-7-2-5-16-20)19(6-1)10-14-17-15(18-21-14)12-4-8-22-11-12/h2,4-5,7-8,11,13H,1,3,6,9-10H2/t13-/m0/s1. The minimum atomic E-state index is 0.483. The molecule has 0 unspecified atom stereocenters. The lowest BCUT2D eigenvalue weighted by Gasteiger charge is -2.22. The van der Waals surface area contributed by atoms with Crippen molar-refractivity contribution < 1.29 is 4.52 Å². The summed E-state index contributed by atoms with van der Waals surface area (Å²) in [5.41, 5.74) is 1.02. The van der Waals surface area contributed by atoms with Crippen LogP contribution in [-0.2, 0) is 13.1 Å². The highest BCUT2D eigenvalue weighted by atomic mass is 32.1. The molecule has 0 radical (unpaired) electrons. The van der Waals surface area contributed by atoms with Crippen LogP contribution in [0.25, 0.3) is 11.4 Å². The van der Waals surface area contributed by atoms with Crippen LogP contribution in [0.1, 0.15) is 18.7 Å².